The van der Waals surface area contributed by atoms with Gasteiger partial charge in [-0.25, -0.2) is 9.97 Å². The van der Waals surface area contributed by atoms with Crippen LogP contribution in [0, 0.1) is 13.8 Å². The monoisotopic (exact) mass is 316 g/mol. The van der Waals surface area contributed by atoms with Gasteiger partial charge in [-0.05, 0) is 25.8 Å². The molecule has 0 bridgehead atoms. The fraction of sp³-hybridized carbons (Fsp3) is 0.455. The third-order valence-electron chi connectivity index (χ3n) is 2.45. The predicted molar refractivity (Wildman–Crippen MR) is 76.0 cm³/mol. The third kappa shape index (κ3) is 2.41. The Morgan fingerprint density at radius 1 is 1.38 bits per heavy atom. The SMILES string of the molecule is Cc1sc2ncnc(SCCCBr)c2c1C. The molecular weight excluding hydrogens is 304 g/mol. The summed E-state index contributed by atoms with van der Waals surface area (Å²) in [5.74, 6) is 1.10. The predicted octanol–water partition coefficient (Wildman–Crippen LogP) is 4.19. The summed E-state index contributed by atoms with van der Waals surface area (Å²) < 4.78 is 0. The first-order valence-electron chi connectivity index (χ1n) is 5.13. The quantitative estimate of drug-likeness (QED) is 0.366. The van der Waals surface area contributed by atoms with Gasteiger partial charge in [-0.2, -0.15) is 0 Å². The topological polar surface area (TPSA) is 25.8 Å². The lowest BCUT2D eigenvalue weighted by atomic mass is 10.2. The first-order chi connectivity index (χ1) is 7.74. The highest BCUT2D eigenvalue weighted by Crippen LogP contribution is 2.34. The smallest absolute Gasteiger partial charge is 0.128 e. The summed E-state index contributed by atoms with van der Waals surface area (Å²) in [4.78, 5) is 11.2. The number of thiophene rings is 1. The standard InChI is InChI=1S/C11H13BrN2S2/c1-7-8(2)16-11-9(7)10(13-6-14-11)15-5-3-4-12/h6H,3-5H2,1-2H3. The highest BCUT2D eigenvalue weighted by atomic mass is 79.9. The van der Waals surface area contributed by atoms with Crippen molar-refractivity contribution in [2.75, 3.05) is 11.1 Å². The lowest BCUT2D eigenvalue weighted by Crippen LogP contribution is -1.87. The molecule has 0 aliphatic carbocycles. The molecule has 0 atom stereocenters. The number of aryl methyl sites for hydroxylation is 2. The molecule has 2 aromatic heterocycles. The van der Waals surface area contributed by atoms with Gasteiger partial charge in [-0.3, -0.25) is 0 Å². The number of hydrogen-bond acceptors (Lipinski definition) is 4. The molecule has 2 nitrogen and oxygen atoms in total. The fourth-order valence-electron chi connectivity index (χ4n) is 1.48. The number of rotatable bonds is 4. The molecule has 5 heteroatoms. The van der Waals surface area contributed by atoms with E-state index in [4.69, 9.17) is 0 Å². The Hall–Kier alpha value is -0.130. The number of hydrogen-bond donors (Lipinski definition) is 0. The number of halogens is 1. The van der Waals surface area contributed by atoms with Crippen LogP contribution in [-0.2, 0) is 0 Å². The van der Waals surface area contributed by atoms with Gasteiger partial charge in [0.1, 0.15) is 16.2 Å². The van der Waals surface area contributed by atoms with Gasteiger partial charge in [0.05, 0.1) is 0 Å². The Morgan fingerprint density at radius 2 is 2.19 bits per heavy atom. The summed E-state index contributed by atoms with van der Waals surface area (Å²) in [6, 6.07) is 0. The number of thioether (sulfide) groups is 1. The van der Waals surface area contributed by atoms with Gasteiger partial charge < -0.3 is 0 Å². The molecule has 0 N–H and O–H groups in total. The maximum absolute atomic E-state index is 4.40. The molecule has 0 saturated heterocycles. The summed E-state index contributed by atoms with van der Waals surface area (Å²) in [5.41, 5.74) is 1.34. The van der Waals surface area contributed by atoms with Gasteiger partial charge in [-0.1, -0.05) is 15.9 Å². The van der Waals surface area contributed by atoms with E-state index in [0.29, 0.717) is 0 Å². The van der Waals surface area contributed by atoms with E-state index in [-0.39, 0.29) is 0 Å². The number of nitrogens with zero attached hydrogens (tertiary/aromatic N) is 2. The van der Waals surface area contributed by atoms with Crippen molar-refractivity contribution < 1.29 is 0 Å². The van der Waals surface area contributed by atoms with E-state index in [1.807, 2.05) is 11.8 Å². The lowest BCUT2D eigenvalue weighted by molar-refractivity contribution is 1.08. The maximum atomic E-state index is 4.40. The van der Waals surface area contributed by atoms with E-state index in [0.717, 1.165) is 20.9 Å². The van der Waals surface area contributed by atoms with Gasteiger partial charge in [0, 0.05) is 21.3 Å². The number of aromatic nitrogens is 2. The zero-order chi connectivity index (χ0) is 11.5. The molecule has 0 spiro atoms. The first-order valence-corrected chi connectivity index (χ1v) is 8.06. The van der Waals surface area contributed by atoms with Crippen molar-refractivity contribution in [2.24, 2.45) is 0 Å². The fourth-order valence-corrected chi connectivity index (χ4v) is 4.19. The first kappa shape index (κ1) is 12.3. The molecule has 0 fully saturated rings. The van der Waals surface area contributed by atoms with Crippen molar-refractivity contribution in [3.63, 3.8) is 0 Å². The summed E-state index contributed by atoms with van der Waals surface area (Å²) in [6.45, 7) is 4.31. The van der Waals surface area contributed by atoms with Crippen molar-refractivity contribution in [1.29, 1.82) is 0 Å². The molecule has 2 aromatic rings. The number of fused-ring (bicyclic) bond motifs is 1. The highest BCUT2D eigenvalue weighted by Gasteiger charge is 2.11. The van der Waals surface area contributed by atoms with E-state index in [1.54, 1.807) is 17.7 Å². The van der Waals surface area contributed by atoms with E-state index in [1.165, 1.54) is 22.2 Å². The van der Waals surface area contributed by atoms with Crippen LogP contribution in [0.25, 0.3) is 10.2 Å². The highest BCUT2D eigenvalue weighted by molar-refractivity contribution is 9.09. The molecule has 16 heavy (non-hydrogen) atoms. The Labute approximate surface area is 112 Å². The van der Waals surface area contributed by atoms with Crippen LogP contribution in [0.5, 0.6) is 0 Å². The van der Waals surface area contributed by atoms with Gasteiger partial charge in [-0.15, -0.1) is 23.1 Å². The van der Waals surface area contributed by atoms with Crippen molar-refractivity contribution in [2.45, 2.75) is 25.3 Å². The summed E-state index contributed by atoms with van der Waals surface area (Å²) in [5, 5.41) is 3.44. The van der Waals surface area contributed by atoms with Gasteiger partial charge in [0.15, 0.2) is 0 Å². The van der Waals surface area contributed by atoms with E-state index in [2.05, 4.69) is 39.7 Å². The van der Waals surface area contributed by atoms with Crippen LogP contribution in [0.15, 0.2) is 11.4 Å². The second kappa shape index (κ2) is 5.47. The summed E-state index contributed by atoms with van der Waals surface area (Å²) in [7, 11) is 0. The molecule has 0 aliphatic rings. The van der Waals surface area contributed by atoms with Crippen LogP contribution in [0.3, 0.4) is 0 Å². The molecule has 0 aliphatic heterocycles. The van der Waals surface area contributed by atoms with Crippen molar-refractivity contribution in [3.8, 4) is 0 Å². The molecule has 2 heterocycles. The number of alkyl halides is 1. The second-order valence-electron chi connectivity index (χ2n) is 3.53. The maximum Gasteiger partial charge on any atom is 0.128 e. The van der Waals surface area contributed by atoms with Crippen LogP contribution in [-0.4, -0.2) is 21.1 Å². The minimum atomic E-state index is 1.05. The zero-order valence-corrected chi connectivity index (χ0v) is 12.5. The van der Waals surface area contributed by atoms with Crippen LogP contribution in [0.2, 0.25) is 0 Å². The van der Waals surface area contributed by atoms with E-state index in [9.17, 15) is 0 Å². The Kier molecular flexibility index (Phi) is 4.21. The van der Waals surface area contributed by atoms with Gasteiger partial charge in [0.25, 0.3) is 0 Å². The molecule has 0 radical (unpaired) electrons. The minimum absolute atomic E-state index is 1.05. The van der Waals surface area contributed by atoms with Crippen LogP contribution in [0.4, 0.5) is 0 Å². The van der Waals surface area contributed by atoms with Crippen molar-refractivity contribution in [1.82, 2.24) is 9.97 Å². The van der Waals surface area contributed by atoms with Gasteiger partial charge in [0.2, 0.25) is 0 Å². The molecule has 0 saturated carbocycles. The van der Waals surface area contributed by atoms with Crippen molar-refractivity contribution in [3.05, 3.63) is 16.8 Å². The molecule has 2 rings (SSSR count). The van der Waals surface area contributed by atoms with Gasteiger partial charge >= 0.3 is 0 Å². The average molecular weight is 317 g/mol. The van der Waals surface area contributed by atoms with E-state index < -0.39 is 0 Å². The Balaban J connectivity index is 2.36. The van der Waals surface area contributed by atoms with E-state index >= 15 is 0 Å². The van der Waals surface area contributed by atoms with Crippen LogP contribution >= 0.6 is 39.0 Å². The molecule has 86 valence electrons. The zero-order valence-electron chi connectivity index (χ0n) is 9.29. The summed E-state index contributed by atoms with van der Waals surface area (Å²) >= 11 is 7.03. The largest absolute Gasteiger partial charge is 0.229 e. The second-order valence-corrected chi connectivity index (χ2v) is 6.61. The van der Waals surface area contributed by atoms with Crippen LogP contribution in [0.1, 0.15) is 16.9 Å². The average Bonchev–Trinajstić information content (AvgIpc) is 2.56. The van der Waals surface area contributed by atoms with Crippen LogP contribution < -0.4 is 0 Å². The molecule has 0 unspecified atom stereocenters. The summed E-state index contributed by atoms with van der Waals surface area (Å²) in [6.07, 6.45) is 2.84. The van der Waals surface area contributed by atoms with Crippen molar-refractivity contribution >= 4 is 49.2 Å². The molecule has 0 aromatic carbocycles. The Bertz CT molecular complexity index is 496. The minimum Gasteiger partial charge on any atom is -0.229 e. The Morgan fingerprint density at radius 3 is 2.94 bits per heavy atom. The molecular formula is C11H13BrN2S2. The molecule has 0 amide bonds. The lowest BCUT2D eigenvalue weighted by Gasteiger charge is -2.01. The third-order valence-corrected chi connectivity index (χ3v) is 5.20. The normalized spacial score (nSPS) is 11.2.